The van der Waals surface area contributed by atoms with Crippen molar-refractivity contribution in [3.63, 3.8) is 0 Å². The van der Waals surface area contributed by atoms with E-state index in [0.29, 0.717) is 25.3 Å². The highest BCUT2D eigenvalue weighted by atomic mass is 32.2. The van der Waals surface area contributed by atoms with Gasteiger partial charge in [0.15, 0.2) is 0 Å². The van der Waals surface area contributed by atoms with Crippen LogP contribution in [-0.4, -0.2) is 79.0 Å². The van der Waals surface area contributed by atoms with Gasteiger partial charge >= 0.3 is 0 Å². The average molecular weight is 554 g/mol. The second kappa shape index (κ2) is 11.4. The Bertz CT molecular complexity index is 1450. The first kappa shape index (κ1) is 27.8. The van der Waals surface area contributed by atoms with E-state index in [1.54, 1.807) is 26.2 Å². The van der Waals surface area contributed by atoms with Crippen molar-refractivity contribution in [2.75, 3.05) is 39.9 Å². The van der Waals surface area contributed by atoms with E-state index in [2.05, 4.69) is 10.6 Å². The molecule has 10 heteroatoms. The number of methoxy groups -OCH3 is 1. The van der Waals surface area contributed by atoms with Gasteiger partial charge in [-0.25, -0.2) is 13.4 Å². The molecule has 0 aliphatic carbocycles. The zero-order chi connectivity index (χ0) is 27.7. The number of benzene rings is 2. The van der Waals surface area contributed by atoms with Gasteiger partial charge < -0.3 is 19.9 Å². The molecule has 0 spiro atoms. The molecule has 9 nitrogen and oxygen atoms in total. The van der Waals surface area contributed by atoms with Crippen molar-refractivity contribution in [2.24, 2.45) is 11.7 Å². The monoisotopic (exact) mass is 553 g/mol. The highest BCUT2D eigenvalue weighted by Crippen LogP contribution is 2.32. The molecule has 1 unspecified atom stereocenters. The van der Waals surface area contributed by atoms with Gasteiger partial charge in [0.05, 0.1) is 21.8 Å². The summed E-state index contributed by atoms with van der Waals surface area (Å²) < 4.78 is 35.8. The summed E-state index contributed by atoms with van der Waals surface area (Å²) in [5.74, 6) is 0.474. The van der Waals surface area contributed by atoms with Crippen LogP contribution in [0, 0.1) is 19.8 Å². The number of imidazole rings is 1. The van der Waals surface area contributed by atoms with Gasteiger partial charge in [0.2, 0.25) is 15.9 Å². The molecule has 1 aromatic heterocycles. The lowest BCUT2D eigenvalue weighted by atomic mass is 9.94. The van der Waals surface area contributed by atoms with Crippen LogP contribution in [0.1, 0.15) is 42.1 Å². The predicted octanol–water partition coefficient (Wildman–Crippen LogP) is 3.04. The number of fused-ring (bicyclic) bond motifs is 1. The quantitative estimate of drug-likeness (QED) is 0.430. The smallest absolute Gasteiger partial charge is 0.243 e. The Morgan fingerprint density at radius 1 is 1.13 bits per heavy atom. The number of nitrogens with zero attached hydrogens (tertiary/aromatic N) is 4. The van der Waals surface area contributed by atoms with Gasteiger partial charge in [-0.1, -0.05) is 29.8 Å². The number of amides is 1. The second-order valence-electron chi connectivity index (χ2n) is 10.9. The zero-order valence-corrected chi connectivity index (χ0v) is 23.9. The molecule has 0 radical (unpaired) electrons. The number of likely N-dealkylation sites (tertiary alicyclic amines) is 1. The third-order valence-electron chi connectivity index (χ3n) is 8.11. The normalized spacial score (nSPS) is 22.6. The van der Waals surface area contributed by atoms with E-state index in [1.165, 1.54) is 4.31 Å². The first-order valence-corrected chi connectivity index (χ1v) is 15.2. The minimum Gasteiger partial charge on any atom is -0.385 e. The summed E-state index contributed by atoms with van der Waals surface area (Å²) in [6.45, 7) is 6.64. The van der Waals surface area contributed by atoms with Crippen LogP contribution in [0.2, 0.25) is 0 Å². The van der Waals surface area contributed by atoms with Crippen LogP contribution in [0.25, 0.3) is 11.0 Å². The number of aryl methyl sites for hydroxylation is 3. The van der Waals surface area contributed by atoms with E-state index >= 15 is 0 Å². The minimum atomic E-state index is -3.74. The summed E-state index contributed by atoms with van der Waals surface area (Å²) in [5.41, 5.74) is 10.2. The van der Waals surface area contributed by atoms with E-state index in [0.717, 1.165) is 48.2 Å². The fourth-order valence-corrected chi connectivity index (χ4v) is 7.82. The van der Waals surface area contributed by atoms with Crippen LogP contribution in [0.4, 0.5) is 0 Å². The Morgan fingerprint density at radius 2 is 1.92 bits per heavy atom. The molecule has 1 amide bonds. The number of piperidine rings is 1. The number of nitrogens with two attached hydrogens (primary N) is 1. The molecule has 2 aliphatic rings. The maximum Gasteiger partial charge on any atom is 0.243 e. The number of para-hydroxylation sites is 2. The van der Waals surface area contributed by atoms with E-state index in [1.807, 2.05) is 36.1 Å². The molecule has 39 heavy (non-hydrogen) atoms. The molecular formula is C29H39N5O4S. The van der Waals surface area contributed by atoms with Crippen molar-refractivity contribution in [2.45, 2.75) is 56.5 Å². The summed E-state index contributed by atoms with van der Waals surface area (Å²) in [7, 11) is -2.03. The van der Waals surface area contributed by atoms with Gasteiger partial charge in [-0.15, -0.1) is 0 Å². The lowest BCUT2D eigenvalue weighted by molar-refractivity contribution is -0.136. The lowest BCUT2D eigenvalue weighted by Crippen LogP contribution is -2.47. The summed E-state index contributed by atoms with van der Waals surface area (Å²) in [6, 6.07) is 12.9. The van der Waals surface area contributed by atoms with Crippen LogP contribution in [0.15, 0.2) is 47.4 Å². The van der Waals surface area contributed by atoms with Gasteiger partial charge in [-0.05, 0) is 56.9 Å². The van der Waals surface area contributed by atoms with E-state index in [-0.39, 0.29) is 29.8 Å². The van der Waals surface area contributed by atoms with E-state index in [9.17, 15) is 13.2 Å². The predicted molar refractivity (Wildman–Crippen MR) is 151 cm³/mol. The number of aromatic nitrogens is 2. The van der Waals surface area contributed by atoms with Crippen molar-refractivity contribution >= 4 is 27.0 Å². The molecule has 2 aromatic carbocycles. The third kappa shape index (κ3) is 5.48. The van der Waals surface area contributed by atoms with Gasteiger partial charge in [-0.3, -0.25) is 4.79 Å². The first-order chi connectivity index (χ1) is 18.7. The summed E-state index contributed by atoms with van der Waals surface area (Å²) in [5, 5.41) is 0. The Labute approximate surface area is 231 Å². The second-order valence-corrected chi connectivity index (χ2v) is 12.8. The third-order valence-corrected chi connectivity index (χ3v) is 10.1. The molecule has 3 aromatic rings. The molecule has 2 saturated heterocycles. The van der Waals surface area contributed by atoms with Gasteiger partial charge in [0, 0.05) is 58.4 Å². The van der Waals surface area contributed by atoms with Crippen LogP contribution in [0.3, 0.4) is 0 Å². The van der Waals surface area contributed by atoms with Crippen molar-refractivity contribution in [1.82, 2.24) is 18.8 Å². The topological polar surface area (TPSA) is 111 Å². The molecule has 3 heterocycles. The molecule has 0 saturated carbocycles. The van der Waals surface area contributed by atoms with E-state index < -0.39 is 22.0 Å². The number of rotatable bonds is 8. The zero-order valence-electron chi connectivity index (χ0n) is 23.0. The number of carbonyl (C=O) groups excluding carboxylic acids is 1. The number of hydrogen-bond donors (Lipinski definition) is 1. The van der Waals surface area contributed by atoms with Crippen molar-refractivity contribution in [3.05, 3.63) is 59.4 Å². The maximum atomic E-state index is 13.8. The molecule has 0 bridgehead atoms. The van der Waals surface area contributed by atoms with Crippen LogP contribution in [0.5, 0.6) is 0 Å². The largest absolute Gasteiger partial charge is 0.385 e. The molecule has 2 fully saturated rings. The average Bonchev–Trinajstić information content (AvgIpc) is 3.49. The lowest BCUT2D eigenvalue weighted by Gasteiger charge is -2.35. The Kier molecular flexibility index (Phi) is 8.09. The SMILES string of the molecule is COCCCn1c(C2CCCN(C(=O)[C@@H]3CN(S(=O)(=O)c4ccc(C)cc4C)C[C@H]3N)C2)nc2ccccc21. The Hall–Kier alpha value is -2.79. The van der Waals surface area contributed by atoms with Gasteiger partial charge in [0.1, 0.15) is 5.82 Å². The van der Waals surface area contributed by atoms with Gasteiger partial charge in [0.25, 0.3) is 0 Å². The molecular weight excluding hydrogens is 514 g/mol. The molecule has 3 atom stereocenters. The van der Waals surface area contributed by atoms with Crippen molar-refractivity contribution in [1.29, 1.82) is 0 Å². The van der Waals surface area contributed by atoms with Crippen molar-refractivity contribution in [3.8, 4) is 0 Å². The minimum absolute atomic E-state index is 0.0624. The molecule has 5 rings (SSSR count). The first-order valence-electron chi connectivity index (χ1n) is 13.8. The van der Waals surface area contributed by atoms with Crippen LogP contribution >= 0.6 is 0 Å². The summed E-state index contributed by atoms with van der Waals surface area (Å²) in [4.78, 5) is 20.9. The summed E-state index contributed by atoms with van der Waals surface area (Å²) >= 11 is 0. The maximum absolute atomic E-state index is 13.8. The van der Waals surface area contributed by atoms with Gasteiger partial charge in [-0.2, -0.15) is 4.31 Å². The number of carbonyl (C=O) groups is 1. The molecule has 2 N–H and O–H groups in total. The molecule has 210 valence electrons. The van der Waals surface area contributed by atoms with Crippen LogP contribution in [-0.2, 0) is 26.1 Å². The fraction of sp³-hybridized carbons (Fsp3) is 0.517. The number of ether oxygens (including phenoxy) is 1. The highest BCUT2D eigenvalue weighted by molar-refractivity contribution is 7.89. The summed E-state index contributed by atoms with van der Waals surface area (Å²) in [6.07, 6.45) is 2.69. The fourth-order valence-electron chi connectivity index (χ4n) is 6.11. The number of sulfonamides is 1. The Balaban J connectivity index is 1.33. The van der Waals surface area contributed by atoms with E-state index in [4.69, 9.17) is 15.5 Å². The standard InChI is InChI=1S/C29H39N5O4S/c1-20-11-12-27(21(2)16-20)39(36,37)33-18-23(24(30)19-33)29(35)32-13-6-8-22(17-32)28-31-25-9-4-5-10-26(25)34(28)14-7-15-38-3/h4-5,9-12,16,22-24H,6-8,13-15,17-19,30H2,1-3H3/t22?,23-,24-/m1/s1. The highest BCUT2D eigenvalue weighted by Gasteiger charge is 2.43. The number of hydrogen-bond acceptors (Lipinski definition) is 6. The Morgan fingerprint density at radius 3 is 2.69 bits per heavy atom. The van der Waals surface area contributed by atoms with Crippen molar-refractivity contribution < 1.29 is 17.9 Å². The molecule has 2 aliphatic heterocycles. The van der Waals surface area contributed by atoms with Crippen LogP contribution < -0.4 is 5.73 Å².